The van der Waals surface area contributed by atoms with E-state index in [4.69, 9.17) is 9.47 Å². The van der Waals surface area contributed by atoms with Gasteiger partial charge in [0.15, 0.2) is 11.5 Å². The Morgan fingerprint density at radius 3 is 2.80 bits per heavy atom. The van der Waals surface area contributed by atoms with Crippen LogP contribution in [0.4, 0.5) is 0 Å². The zero-order valence-corrected chi connectivity index (χ0v) is 12.6. The van der Waals surface area contributed by atoms with Crippen LogP contribution in [-0.2, 0) is 6.42 Å². The van der Waals surface area contributed by atoms with E-state index in [2.05, 4.69) is 31.3 Å². The molecule has 0 amide bonds. The zero-order chi connectivity index (χ0) is 13.9. The molecule has 2 heterocycles. The SMILES string of the molecule is CC(C)c1c(CC2CCCCN2)ccc2c1OCCO2. The van der Waals surface area contributed by atoms with Crippen molar-refractivity contribution < 1.29 is 9.47 Å². The number of fused-ring (bicyclic) bond motifs is 1. The molecule has 0 bridgehead atoms. The molecular weight excluding hydrogens is 250 g/mol. The van der Waals surface area contributed by atoms with Crippen LogP contribution in [0.15, 0.2) is 12.1 Å². The summed E-state index contributed by atoms with van der Waals surface area (Å²) in [5.41, 5.74) is 2.76. The van der Waals surface area contributed by atoms with E-state index < -0.39 is 0 Å². The molecular formula is C17H25NO2. The largest absolute Gasteiger partial charge is 0.486 e. The van der Waals surface area contributed by atoms with Crippen LogP contribution in [0.1, 0.15) is 50.2 Å². The summed E-state index contributed by atoms with van der Waals surface area (Å²) in [5.74, 6) is 2.37. The van der Waals surface area contributed by atoms with Gasteiger partial charge < -0.3 is 14.8 Å². The Hall–Kier alpha value is -1.22. The molecule has 0 spiro atoms. The number of benzene rings is 1. The van der Waals surface area contributed by atoms with Crippen molar-refractivity contribution in [1.29, 1.82) is 0 Å². The van der Waals surface area contributed by atoms with Crippen molar-refractivity contribution in [3.8, 4) is 11.5 Å². The molecule has 2 aliphatic rings. The quantitative estimate of drug-likeness (QED) is 0.918. The van der Waals surface area contributed by atoms with Crippen LogP contribution in [0, 0.1) is 0 Å². The fraction of sp³-hybridized carbons (Fsp3) is 0.647. The maximum atomic E-state index is 5.90. The monoisotopic (exact) mass is 275 g/mol. The van der Waals surface area contributed by atoms with Gasteiger partial charge in [0.25, 0.3) is 0 Å². The molecule has 20 heavy (non-hydrogen) atoms. The fourth-order valence-electron chi connectivity index (χ4n) is 3.35. The molecule has 3 nitrogen and oxygen atoms in total. The Labute approximate surface area is 121 Å². The first-order valence-corrected chi connectivity index (χ1v) is 7.90. The van der Waals surface area contributed by atoms with E-state index in [9.17, 15) is 0 Å². The van der Waals surface area contributed by atoms with Gasteiger partial charge in [-0.1, -0.05) is 26.3 Å². The van der Waals surface area contributed by atoms with Gasteiger partial charge in [-0.15, -0.1) is 0 Å². The van der Waals surface area contributed by atoms with Gasteiger partial charge in [0.1, 0.15) is 13.2 Å². The molecule has 2 aliphatic heterocycles. The first-order chi connectivity index (χ1) is 9.75. The lowest BCUT2D eigenvalue weighted by atomic mass is 9.89. The third-order valence-electron chi connectivity index (χ3n) is 4.29. The molecule has 3 rings (SSSR count). The molecule has 1 aromatic rings. The molecule has 0 radical (unpaired) electrons. The van der Waals surface area contributed by atoms with Gasteiger partial charge in [-0.05, 0) is 43.4 Å². The molecule has 1 atom stereocenters. The molecule has 3 heteroatoms. The predicted octanol–water partition coefficient (Wildman–Crippen LogP) is 3.27. The lowest BCUT2D eigenvalue weighted by Gasteiger charge is -2.28. The van der Waals surface area contributed by atoms with Crippen LogP contribution in [0.3, 0.4) is 0 Å². The van der Waals surface area contributed by atoms with Gasteiger partial charge in [0, 0.05) is 11.6 Å². The Morgan fingerprint density at radius 1 is 1.20 bits per heavy atom. The van der Waals surface area contributed by atoms with Crippen LogP contribution in [0.5, 0.6) is 11.5 Å². The van der Waals surface area contributed by atoms with Crippen molar-refractivity contribution in [1.82, 2.24) is 5.32 Å². The van der Waals surface area contributed by atoms with Gasteiger partial charge in [0.2, 0.25) is 0 Å². The highest BCUT2D eigenvalue weighted by atomic mass is 16.6. The predicted molar refractivity (Wildman–Crippen MR) is 80.9 cm³/mol. The van der Waals surface area contributed by atoms with Crippen LogP contribution in [-0.4, -0.2) is 25.8 Å². The zero-order valence-electron chi connectivity index (χ0n) is 12.6. The lowest BCUT2D eigenvalue weighted by Crippen LogP contribution is -2.35. The standard InChI is InChI=1S/C17H25NO2/c1-12(2)16-13(11-14-5-3-4-8-18-14)6-7-15-17(16)20-10-9-19-15/h6-7,12,14,18H,3-5,8-11H2,1-2H3. The second-order valence-electron chi connectivity index (χ2n) is 6.17. The summed E-state index contributed by atoms with van der Waals surface area (Å²) in [6.45, 7) is 6.97. The summed E-state index contributed by atoms with van der Waals surface area (Å²) >= 11 is 0. The second-order valence-corrected chi connectivity index (χ2v) is 6.17. The van der Waals surface area contributed by atoms with Gasteiger partial charge in [0.05, 0.1) is 0 Å². The second kappa shape index (κ2) is 6.04. The van der Waals surface area contributed by atoms with Crippen LogP contribution < -0.4 is 14.8 Å². The Kier molecular flexibility index (Phi) is 4.16. The van der Waals surface area contributed by atoms with E-state index in [0.717, 1.165) is 24.5 Å². The van der Waals surface area contributed by atoms with Gasteiger partial charge in [-0.2, -0.15) is 0 Å². The normalized spacial score (nSPS) is 22.1. The lowest BCUT2D eigenvalue weighted by molar-refractivity contribution is 0.169. The third kappa shape index (κ3) is 2.78. The molecule has 0 aromatic heterocycles. The highest BCUT2D eigenvalue weighted by molar-refractivity contribution is 5.53. The summed E-state index contributed by atoms with van der Waals surface area (Å²) in [4.78, 5) is 0. The molecule has 110 valence electrons. The molecule has 1 saturated heterocycles. The van der Waals surface area contributed by atoms with E-state index in [-0.39, 0.29) is 0 Å². The maximum Gasteiger partial charge on any atom is 0.165 e. The third-order valence-corrected chi connectivity index (χ3v) is 4.29. The number of hydrogen-bond acceptors (Lipinski definition) is 3. The Morgan fingerprint density at radius 2 is 2.05 bits per heavy atom. The first kappa shape index (κ1) is 13.7. The average Bonchev–Trinajstić information content (AvgIpc) is 2.47. The van der Waals surface area contributed by atoms with Crippen LogP contribution >= 0.6 is 0 Å². The summed E-state index contributed by atoms with van der Waals surface area (Å²) in [6.07, 6.45) is 5.05. The van der Waals surface area contributed by atoms with Crippen LogP contribution in [0.2, 0.25) is 0 Å². The number of hydrogen-bond donors (Lipinski definition) is 1. The number of piperidine rings is 1. The van der Waals surface area contributed by atoms with Crippen molar-refractivity contribution in [3.63, 3.8) is 0 Å². The maximum absolute atomic E-state index is 5.90. The number of ether oxygens (including phenoxy) is 2. The van der Waals surface area contributed by atoms with Crippen LogP contribution in [0.25, 0.3) is 0 Å². The minimum atomic E-state index is 0.463. The number of nitrogens with one attached hydrogen (secondary N) is 1. The Balaban J connectivity index is 1.89. The van der Waals surface area contributed by atoms with E-state index in [1.165, 1.54) is 30.4 Å². The highest BCUT2D eigenvalue weighted by Gasteiger charge is 2.23. The number of rotatable bonds is 3. The van der Waals surface area contributed by atoms with Gasteiger partial charge in [-0.25, -0.2) is 0 Å². The van der Waals surface area contributed by atoms with E-state index in [1.807, 2.05) is 0 Å². The molecule has 0 aliphatic carbocycles. The molecule has 0 saturated carbocycles. The summed E-state index contributed by atoms with van der Waals surface area (Å²) in [5, 5.41) is 3.64. The summed E-state index contributed by atoms with van der Waals surface area (Å²) in [6, 6.07) is 4.93. The van der Waals surface area contributed by atoms with E-state index in [0.29, 0.717) is 25.2 Å². The molecule has 1 fully saturated rings. The van der Waals surface area contributed by atoms with Crippen molar-refractivity contribution in [3.05, 3.63) is 23.3 Å². The molecule has 1 N–H and O–H groups in total. The minimum absolute atomic E-state index is 0.463. The average molecular weight is 275 g/mol. The molecule has 1 unspecified atom stereocenters. The van der Waals surface area contributed by atoms with Crippen molar-refractivity contribution >= 4 is 0 Å². The molecule has 1 aromatic carbocycles. The topological polar surface area (TPSA) is 30.5 Å². The van der Waals surface area contributed by atoms with Crippen molar-refractivity contribution in [2.24, 2.45) is 0 Å². The minimum Gasteiger partial charge on any atom is -0.486 e. The summed E-state index contributed by atoms with van der Waals surface area (Å²) in [7, 11) is 0. The fourth-order valence-corrected chi connectivity index (χ4v) is 3.35. The van der Waals surface area contributed by atoms with Gasteiger partial charge in [-0.3, -0.25) is 0 Å². The van der Waals surface area contributed by atoms with Crippen molar-refractivity contribution in [2.75, 3.05) is 19.8 Å². The Bertz CT molecular complexity index is 464. The first-order valence-electron chi connectivity index (χ1n) is 7.90. The van der Waals surface area contributed by atoms with E-state index in [1.54, 1.807) is 0 Å². The highest BCUT2D eigenvalue weighted by Crippen LogP contribution is 2.40. The summed E-state index contributed by atoms with van der Waals surface area (Å²) < 4.78 is 11.6. The van der Waals surface area contributed by atoms with Gasteiger partial charge >= 0.3 is 0 Å². The smallest absolute Gasteiger partial charge is 0.165 e. The van der Waals surface area contributed by atoms with E-state index >= 15 is 0 Å². The van der Waals surface area contributed by atoms with Crippen molar-refractivity contribution in [2.45, 2.75) is 51.5 Å².